The van der Waals surface area contributed by atoms with Crippen LogP contribution in [-0.4, -0.2) is 21.4 Å². The zero-order valence-electron chi connectivity index (χ0n) is 12.9. The maximum Gasteiger partial charge on any atom is 0.277 e. The summed E-state index contributed by atoms with van der Waals surface area (Å²) < 4.78 is 18.4. The fourth-order valence-corrected chi connectivity index (χ4v) is 3.30. The molecule has 6 nitrogen and oxygen atoms in total. The molecule has 1 N–H and O–H groups in total. The first kappa shape index (κ1) is 17.1. The Morgan fingerprint density at radius 2 is 2.12 bits per heavy atom. The van der Waals surface area contributed by atoms with E-state index in [0.717, 1.165) is 11.8 Å². The first-order chi connectivity index (χ1) is 12.1. The van der Waals surface area contributed by atoms with Crippen molar-refractivity contribution < 1.29 is 13.6 Å². The van der Waals surface area contributed by atoms with Crippen LogP contribution in [0.2, 0.25) is 0 Å². The average Bonchev–Trinajstić information content (AvgIpc) is 3.24. The van der Waals surface area contributed by atoms with Crippen LogP contribution in [0.5, 0.6) is 0 Å². The summed E-state index contributed by atoms with van der Waals surface area (Å²) in [5.41, 5.74) is 1.02. The Kier molecular flexibility index (Phi) is 5.11. The van der Waals surface area contributed by atoms with Crippen molar-refractivity contribution in [2.45, 2.75) is 17.4 Å². The van der Waals surface area contributed by atoms with Gasteiger partial charge >= 0.3 is 0 Å². The first-order valence-electron chi connectivity index (χ1n) is 7.11. The van der Waals surface area contributed by atoms with Crippen molar-refractivity contribution in [1.82, 2.24) is 10.2 Å². The summed E-state index contributed by atoms with van der Waals surface area (Å²) >= 11 is 2.38. The molecular weight excluding hydrogens is 363 g/mol. The van der Waals surface area contributed by atoms with E-state index in [-0.39, 0.29) is 22.8 Å². The van der Waals surface area contributed by atoms with E-state index in [1.54, 1.807) is 18.4 Å². The number of aromatic nitrogens is 2. The van der Waals surface area contributed by atoms with Gasteiger partial charge < -0.3 is 9.73 Å². The number of nitrogens with one attached hydrogen (secondary N) is 1. The Hall–Kier alpha value is -2.70. The van der Waals surface area contributed by atoms with Crippen LogP contribution in [0.25, 0.3) is 11.5 Å². The Balaban J connectivity index is 1.65. The molecule has 126 valence electrons. The van der Waals surface area contributed by atoms with Gasteiger partial charge in [-0.25, -0.2) is 4.39 Å². The lowest BCUT2D eigenvalue weighted by Gasteiger charge is -2.08. The van der Waals surface area contributed by atoms with Crippen LogP contribution in [-0.2, 0) is 4.79 Å². The number of nitriles is 1. The molecule has 0 bridgehead atoms. The van der Waals surface area contributed by atoms with E-state index in [2.05, 4.69) is 15.5 Å². The van der Waals surface area contributed by atoms with Crippen molar-refractivity contribution in [3.8, 4) is 17.5 Å². The van der Waals surface area contributed by atoms with Crippen LogP contribution < -0.4 is 5.32 Å². The molecule has 1 atom stereocenters. The Labute approximate surface area is 150 Å². The van der Waals surface area contributed by atoms with E-state index in [1.807, 2.05) is 6.07 Å². The highest BCUT2D eigenvalue weighted by molar-refractivity contribution is 8.00. The minimum absolute atomic E-state index is 0.230. The third kappa shape index (κ3) is 4.04. The number of thiophene rings is 1. The highest BCUT2D eigenvalue weighted by atomic mass is 32.2. The molecule has 0 unspecified atom stereocenters. The standard InChI is InChI=1S/C16H11FN4O2S2/c1-9(13(22)19-15-11(8-18)6-7-24-15)25-16-21-20-14(23-16)10-2-4-12(17)5-3-10/h2-7,9H,1H3,(H,19,22)/t9-/m0/s1. The number of amides is 1. The molecule has 0 radical (unpaired) electrons. The van der Waals surface area contributed by atoms with Crippen molar-refractivity contribution in [2.24, 2.45) is 0 Å². The van der Waals surface area contributed by atoms with Gasteiger partial charge in [-0.05, 0) is 42.6 Å². The highest BCUT2D eigenvalue weighted by Gasteiger charge is 2.20. The fraction of sp³-hybridized carbons (Fsp3) is 0.125. The van der Waals surface area contributed by atoms with Crippen LogP contribution in [0, 0.1) is 17.1 Å². The molecule has 0 spiro atoms. The van der Waals surface area contributed by atoms with E-state index in [4.69, 9.17) is 9.68 Å². The van der Waals surface area contributed by atoms with Crippen LogP contribution in [0.15, 0.2) is 45.4 Å². The molecule has 0 aliphatic carbocycles. The normalized spacial score (nSPS) is 11.7. The van der Waals surface area contributed by atoms with E-state index >= 15 is 0 Å². The molecule has 0 saturated carbocycles. The lowest BCUT2D eigenvalue weighted by molar-refractivity contribution is -0.115. The smallest absolute Gasteiger partial charge is 0.277 e. The van der Waals surface area contributed by atoms with Gasteiger partial charge in [-0.2, -0.15) is 5.26 Å². The van der Waals surface area contributed by atoms with Crippen molar-refractivity contribution in [2.75, 3.05) is 5.32 Å². The second kappa shape index (κ2) is 7.46. The van der Waals surface area contributed by atoms with Gasteiger partial charge in [0.05, 0.1) is 10.8 Å². The number of benzene rings is 1. The Morgan fingerprint density at radius 1 is 1.36 bits per heavy atom. The number of halogens is 1. The highest BCUT2D eigenvalue weighted by Crippen LogP contribution is 2.28. The maximum atomic E-state index is 12.9. The summed E-state index contributed by atoms with van der Waals surface area (Å²) in [4.78, 5) is 12.2. The fourth-order valence-electron chi connectivity index (χ4n) is 1.88. The van der Waals surface area contributed by atoms with Crippen molar-refractivity contribution in [1.29, 1.82) is 5.26 Å². The van der Waals surface area contributed by atoms with Crippen LogP contribution in [0.4, 0.5) is 9.39 Å². The second-order valence-electron chi connectivity index (χ2n) is 4.90. The molecule has 2 aromatic heterocycles. The number of anilines is 1. The number of carbonyl (C=O) groups excluding carboxylic acids is 1. The summed E-state index contributed by atoms with van der Waals surface area (Å²) in [6.45, 7) is 1.70. The molecule has 3 rings (SSSR count). The van der Waals surface area contributed by atoms with Gasteiger partial charge in [0, 0.05) is 5.56 Å². The lowest BCUT2D eigenvalue weighted by Crippen LogP contribution is -2.22. The molecule has 0 fully saturated rings. The number of hydrogen-bond acceptors (Lipinski definition) is 7. The SMILES string of the molecule is C[C@H](Sc1nnc(-c2ccc(F)cc2)o1)C(=O)Nc1sccc1C#N. The molecule has 0 saturated heterocycles. The van der Waals surface area contributed by atoms with Crippen LogP contribution in [0.3, 0.4) is 0 Å². The van der Waals surface area contributed by atoms with E-state index in [0.29, 0.717) is 16.1 Å². The predicted molar refractivity (Wildman–Crippen MR) is 92.7 cm³/mol. The molecular formula is C16H11FN4O2S2. The van der Waals surface area contributed by atoms with Gasteiger partial charge in [0.1, 0.15) is 16.9 Å². The third-order valence-electron chi connectivity index (χ3n) is 3.17. The van der Waals surface area contributed by atoms with Gasteiger partial charge in [0.2, 0.25) is 11.8 Å². The molecule has 3 aromatic rings. The van der Waals surface area contributed by atoms with E-state index in [1.165, 1.54) is 35.6 Å². The number of nitrogens with zero attached hydrogens (tertiary/aromatic N) is 3. The predicted octanol–water partition coefficient (Wildman–Crippen LogP) is 3.93. The topological polar surface area (TPSA) is 91.8 Å². The van der Waals surface area contributed by atoms with E-state index < -0.39 is 5.25 Å². The largest absolute Gasteiger partial charge is 0.411 e. The first-order valence-corrected chi connectivity index (χ1v) is 8.87. The molecule has 1 amide bonds. The summed E-state index contributed by atoms with van der Waals surface area (Å²) in [5, 5.41) is 21.4. The zero-order chi connectivity index (χ0) is 17.8. The van der Waals surface area contributed by atoms with Gasteiger partial charge in [0.25, 0.3) is 5.22 Å². The van der Waals surface area contributed by atoms with Crippen molar-refractivity contribution >= 4 is 34.0 Å². The molecule has 1 aromatic carbocycles. The maximum absolute atomic E-state index is 12.9. The Bertz CT molecular complexity index is 930. The van der Waals surface area contributed by atoms with Gasteiger partial charge in [-0.3, -0.25) is 4.79 Å². The van der Waals surface area contributed by atoms with Crippen molar-refractivity contribution in [3.63, 3.8) is 0 Å². The number of rotatable bonds is 5. The van der Waals surface area contributed by atoms with Crippen LogP contribution in [0.1, 0.15) is 12.5 Å². The van der Waals surface area contributed by atoms with Gasteiger partial charge in [-0.15, -0.1) is 21.5 Å². The number of hydrogen-bond donors (Lipinski definition) is 1. The lowest BCUT2D eigenvalue weighted by atomic mass is 10.2. The van der Waals surface area contributed by atoms with Gasteiger partial charge in [-0.1, -0.05) is 11.8 Å². The minimum Gasteiger partial charge on any atom is -0.411 e. The quantitative estimate of drug-likeness (QED) is 0.681. The van der Waals surface area contributed by atoms with E-state index in [9.17, 15) is 9.18 Å². The summed E-state index contributed by atoms with van der Waals surface area (Å²) in [6, 6.07) is 9.33. The third-order valence-corrected chi connectivity index (χ3v) is 4.93. The Morgan fingerprint density at radius 3 is 2.84 bits per heavy atom. The molecule has 25 heavy (non-hydrogen) atoms. The summed E-state index contributed by atoms with van der Waals surface area (Å²) in [5.74, 6) is -0.376. The molecule has 2 heterocycles. The summed E-state index contributed by atoms with van der Waals surface area (Å²) in [7, 11) is 0. The minimum atomic E-state index is -0.504. The number of thioether (sulfide) groups is 1. The van der Waals surface area contributed by atoms with Crippen molar-refractivity contribution in [3.05, 3.63) is 47.1 Å². The monoisotopic (exact) mass is 374 g/mol. The average molecular weight is 374 g/mol. The summed E-state index contributed by atoms with van der Waals surface area (Å²) in [6.07, 6.45) is 0. The zero-order valence-corrected chi connectivity index (χ0v) is 14.5. The second-order valence-corrected chi connectivity index (χ2v) is 7.11. The van der Waals surface area contributed by atoms with Crippen LogP contribution >= 0.6 is 23.1 Å². The molecule has 0 aliphatic rings. The van der Waals surface area contributed by atoms with Gasteiger partial charge in [0.15, 0.2) is 0 Å². The molecule has 9 heteroatoms. The molecule has 0 aliphatic heterocycles. The number of carbonyl (C=O) groups is 1.